The smallest absolute Gasteiger partial charge is 0.357 e. The summed E-state index contributed by atoms with van der Waals surface area (Å²) in [6.07, 6.45) is -1.02. The van der Waals surface area contributed by atoms with Gasteiger partial charge in [-0.25, -0.2) is 4.79 Å². The van der Waals surface area contributed by atoms with Crippen LogP contribution in [0.3, 0.4) is 0 Å². The average Bonchev–Trinajstić information content (AvgIpc) is 2.11. The van der Waals surface area contributed by atoms with Gasteiger partial charge in [0.25, 0.3) is 0 Å². The molecule has 0 aromatic heterocycles. The summed E-state index contributed by atoms with van der Waals surface area (Å²) < 4.78 is 8.67. The van der Waals surface area contributed by atoms with Crippen LogP contribution in [0.5, 0.6) is 0 Å². The highest BCUT2D eigenvalue weighted by atomic mass is 32.1. The van der Waals surface area contributed by atoms with E-state index in [4.69, 9.17) is 10.2 Å². The quantitative estimate of drug-likeness (QED) is 0.268. The van der Waals surface area contributed by atoms with Gasteiger partial charge in [-0.2, -0.15) is 0 Å². The molecule has 2 atom stereocenters. The fourth-order valence-corrected chi connectivity index (χ4v) is 0.686. The van der Waals surface area contributed by atoms with Crippen LogP contribution < -0.4 is 0 Å². The van der Waals surface area contributed by atoms with Crippen LogP contribution in [0.2, 0.25) is 0 Å². The molecule has 0 saturated carbocycles. The van der Waals surface area contributed by atoms with Crippen molar-refractivity contribution in [3.63, 3.8) is 0 Å². The molecule has 12 heavy (non-hydrogen) atoms. The SMILES string of the molecule is O=C(OS)C(S)OCC(O)CO. The zero-order chi connectivity index (χ0) is 9.56. The third-order valence-electron chi connectivity index (χ3n) is 0.949. The molecule has 0 fully saturated rings. The van der Waals surface area contributed by atoms with Crippen molar-refractivity contribution in [2.24, 2.45) is 0 Å². The van der Waals surface area contributed by atoms with Crippen LogP contribution in [0, 0.1) is 0 Å². The van der Waals surface area contributed by atoms with Gasteiger partial charge in [0.15, 0.2) is 5.44 Å². The molecule has 0 aromatic carbocycles. The summed E-state index contributed by atoms with van der Waals surface area (Å²) in [4.78, 5) is 10.6. The summed E-state index contributed by atoms with van der Waals surface area (Å²) in [6.45, 7) is -0.621. The number of aliphatic hydroxyl groups excluding tert-OH is 2. The minimum absolute atomic E-state index is 0.187. The summed E-state index contributed by atoms with van der Waals surface area (Å²) in [7, 11) is 0. The van der Waals surface area contributed by atoms with Crippen LogP contribution in [-0.4, -0.2) is 40.9 Å². The van der Waals surface area contributed by atoms with E-state index in [-0.39, 0.29) is 6.61 Å². The maximum absolute atomic E-state index is 10.6. The molecule has 5 nitrogen and oxygen atoms in total. The predicted molar refractivity (Wildman–Crippen MR) is 46.9 cm³/mol. The lowest BCUT2D eigenvalue weighted by atomic mass is 10.4. The van der Waals surface area contributed by atoms with Crippen molar-refractivity contribution in [1.82, 2.24) is 0 Å². The number of rotatable bonds is 5. The molecule has 0 aliphatic carbocycles. The van der Waals surface area contributed by atoms with Gasteiger partial charge < -0.3 is 19.1 Å². The Bertz CT molecular complexity index is 142. The average molecular weight is 214 g/mol. The normalized spacial score (nSPS) is 15.3. The lowest BCUT2D eigenvalue weighted by Gasteiger charge is -2.11. The summed E-state index contributed by atoms with van der Waals surface area (Å²) in [5, 5.41) is 17.1. The van der Waals surface area contributed by atoms with E-state index in [1.807, 2.05) is 0 Å². The highest BCUT2D eigenvalue weighted by Crippen LogP contribution is 2.02. The molecule has 0 saturated heterocycles. The van der Waals surface area contributed by atoms with Crippen molar-refractivity contribution in [2.45, 2.75) is 11.5 Å². The molecule has 0 aliphatic heterocycles. The van der Waals surface area contributed by atoms with E-state index in [1.54, 1.807) is 0 Å². The maximum atomic E-state index is 10.6. The molecule has 0 rings (SSSR count). The zero-order valence-electron chi connectivity index (χ0n) is 6.08. The van der Waals surface area contributed by atoms with E-state index < -0.39 is 24.1 Å². The van der Waals surface area contributed by atoms with Crippen LogP contribution in [0.1, 0.15) is 0 Å². The zero-order valence-corrected chi connectivity index (χ0v) is 7.87. The van der Waals surface area contributed by atoms with Crippen LogP contribution in [0.25, 0.3) is 0 Å². The first-order valence-corrected chi connectivity index (χ1v) is 3.93. The molecule has 0 aromatic rings. The van der Waals surface area contributed by atoms with E-state index in [0.717, 1.165) is 0 Å². The summed E-state index contributed by atoms with van der Waals surface area (Å²) in [5.74, 6) is -0.771. The Morgan fingerprint density at radius 3 is 2.58 bits per heavy atom. The van der Waals surface area contributed by atoms with Crippen molar-refractivity contribution in [3.8, 4) is 0 Å². The molecule has 0 heterocycles. The molecular weight excluding hydrogens is 204 g/mol. The Morgan fingerprint density at radius 2 is 2.17 bits per heavy atom. The fourth-order valence-electron chi connectivity index (χ4n) is 0.368. The summed E-state index contributed by atoms with van der Waals surface area (Å²) >= 11 is 6.91. The molecule has 72 valence electrons. The van der Waals surface area contributed by atoms with Gasteiger partial charge in [-0.3, -0.25) is 0 Å². The number of carbonyl (C=O) groups is 1. The van der Waals surface area contributed by atoms with Crippen molar-refractivity contribution >= 4 is 31.5 Å². The van der Waals surface area contributed by atoms with Crippen molar-refractivity contribution in [2.75, 3.05) is 13.2 Å². The monoisotopic (exact) mass is 214 g/mol. The molecule has 0 bridgehead atoms. The molecule has 0 radical (unpaired) electrons. The van der Waals surface area contributed by atoms with Crippen molar-refractivity contribution < 1.29 is 23.9 Å². The molecule has 0 aliphatic rings. The highest BCUT2D eigenvalue weighted by molar-refractivity contribution is 7.81. The van der Waals surface area contributed by atoms with E-state index >= 15 is 0 Å². The van der Waals surface area contributed by atoms with Crippen LogP contribution in [-0.2, 0) is 13.7 Å². The van der Waals surface area contributed by atoms with Crippen LogP contribution >= 0.6 is 25.5 Å². The second-order valence-electron chi connectivity index (χ2n) is 1.93. The van der Waals surface area contributed by atoms with Gasteiger partial charge in [0.1, 0.15) is 6.10 Å². The molecule has 7 heteroatoms. The predicted octanol–water partition coefficient (Wildman–Crippen LogP) is -1.000. The summed E-state index contributed by atoms with van der Waals surface area (Å²) in [6, 6.07) is 0. The van der Waals surface area contributed by atoms with Gasteiger partial charge in [-0.05, 0) is 0 Å². The van der Waals surface area contributed by atoms with E-state index in [9.17, 15) is 4.79 Å². The third kappa shape index (κ3) is 4.83. The second kappa shape index (κ2) is 6.55. The largest absolute Gasteiger partial charge is 0.394 e. The van der Waals surface area contributed by atoms with Crippen molar-refractivity contribution in [3.05, 3.63) is 0 Å². The number of carbonyl (C=O) groups excluding carboxylic acids is 1. The first-order valence-electron chi connectivity index (χ1n) is 3.05. The lowest BCUT2D eigenvalue weighted by Crippen LogP contribution is -2.26. The number of ether oxygens (including phenoxy) is 1. The number of aliphatic hydroxyl groups is 2. The second-order valence-corrected chi connectivity index (χ2v) is 2.58. The van der Waals surface area contributed by atoms with E-state index in [2.05, 4.69) is 34.5 Å². The van der Waals surface area contributed by atoms with Gasteiger partial charge in [0.2, 0.25) is 0 Å². The van der Waals surface area contributed by atoms with Crippen LogP contribution in [0.4, 0.5) is 0 Å². The Morgan fingerprint density at radius 1 is 1.58 bits per heavy atom. The van der Waals surface area contributed by atoms with Gasteiger partial charge in [0.05, 0.1) is 13.2 Å². The van der Waals surface area contributed by atoms with E-state index in [1.165, 1.54) is 0 Å². The van der Waals surface area contributed by atoms with Gasteiger partial charge in [0, 0.05) is 12.9 Å². The topological polar surface area (TPSA) is 76.0 Å². The molecule has 2 N–H and O–H groups in total. The third-order valence-corrected chi connectivity index (χ3v) is 1.49. The lowest BCUT2D eigenvalue weighted by molar-refractivity contribution is -0.141. The summed E-state index contributed by atoms with van der Waals surface area (Å²) in [5.41, 5.74) is -1.09. The van der Waals surface area contributed by atoms with Gasteiger partial charge >= 0.3 is 5.97 Å². The fraction of sp³-hybridized carbons (Fsp3) is 0.800. The highest BCUT2D eigenvalue weighted by Gasteiger charge is 2.16. The first kappa shape index (κ1) is 12.0. The van der Waals surface area contributed by atoms with Gasteiger partial charge in [-0.1, -0.05) is 0 Å². The number of hydrogen-bond acceptors (Lipinski definition) is 7. The maximum Gasteiger partial charge on any atom is 0.357 e. The van der Waals surface area contributed by atoms with Crippen molar-refractivity contribution in [1.29, 1.82) is 0 Å². The minimum atomic E-state index is -1.09. The standard InChI is InChI=1S/C5H10O5S2/c6-1-3(7)2-9-5(11)4(8)10-12/h3,5-7,11-12H,1-2H2. The molecule has 0 amide bonds. The first-order chi connectivity index (χ1) is 5.61. The number of hydrogen-bond donors (Lipinski definition) is 4. The Balaban J connectivity index is 3.56. The van der Waals surface area contributed by atoms with E-state index in [0.29, 0.717) is 0 Å². The Labute approximate surface area is 80.7 Å². The molecular formula is C5H10O5S2. The Hall–Kier alpha value is 0.0500. The molecule has 0 spiro atoms. The minimum Gasteiger partial charge on any atom is -0.394 e. The van der Waals surface area contributed by atoms with Crippen LogP contribution in [0.15, 0.2) is 0 Å². The number of thiol groups is 2. The Kier molecular flexibility index (Phi) is 6.58. The van der Waals surface area contributed by atoms with Gasteiger partial charge in [-0.15, -0.1) is 12.6 Å². The molecule has 2 unspecified atom stereocenters.